The fraction of sp³-hybridized carbons (Fsp3) is 0.409. The molecule has 0 bridgehead atoms. The van der Waals surface area contributed by atoms with Gasteiger partial charge in [0.1, 0.15) is 10.8 Å². The molecule has 1 aliphatic rings. The first-order valence-electron chi connectivity index (χ1n) is 10.3. The Bertz CT molecular complexity index is 1020. The minimum Gasteiger partial charge on any atom is -0.462 e. The second-order valence-corrected chi connectivity index (χ2v) is 8.87. The number of rotatable bonds is 9. The number of carbonyl (C=O) groups is 3. The average molecular weight is 482 g/mol. The monoisotopic (exact) mass is 481 g/mol. The number of halogens is 2. The molecule has 1 fully saturated rings. The average Bonchev–Trinajstić information content (AvgIpc) is 3.53. The van der Waals surface area contributed by atoms with Crippen molar-refractivity contribution < 1.29 is 23.5 Å². The highest BCUT2D eigenvalue weighted by Gasteiger charge is 2.32. The molecule has 3 rings (SSSR count). The molecule has 2 amide bonds. The minimum atomic E-state index is -0.608. The standard InChI is InChI=1S/C22H25ClFN3O4S/c1-4-31-22(30)18-12(2)19(20(29)25-3)32-21(18)26-17(28)11-27(13-8-9-13)10-14-15(23)6-5-7-16(14)24/h5-7,13H,4,8-11H2,1-3H3,(H,25,29)(H,26,28). The van der Waals surface area contributed by atoms with Crippen LogP contribution in [0.1, 0.15) is 50.9 Å². The highest BCUT2D eigenvalue weighted by atomic mass is 35.5. The lowest BCUT2D eigenvalue weighted by atomic mass is 10.1. The van der Waals surface area contributed by atoms with Crippen molar-refractivity contribution in [2.24, 2.45) is 0 Å². The zero-order valence-corrected chi connectivity index (χ0v) is 19.7. The lowest BCUT2D eigenvalue weighted by Gasteiger charge is -2.22. The van der Waals surface area contributed by atoms with Gasteiger partial charge in [0.05, 0.1) is 23.6 Å². The largest absolute Gasteiger partial charge is 0.462 e. The van der Waals surface area contributed by atoms with Crippen LogP contribution < -0.4 is 10.6 Å². The molecule has 1 aromatic carbocycles. The van der Waals surface area contributed by atoms with Gasteiger partial charge >= 0.3 is 5.97 Å². The van der Waals surface area contributed by atoms with Crippen LogP contribution in [0.15, 0.2) is 18.2 Å². The Kier molecular flexibility index (Phi) is 7.86. The van der Waals surface area contributed by atoms with Crippen molar-refractivity contribution >= 4 is 45.7 Å². The summed E-state index contributed by atoms with van der Waals surface area (Å²) >= 11 is 7.18. The third-order valence-corrected chi connectivity index (χ3v) is 6.71. The van der Waals surface area contributed by atoms with Crippen molar-refractivity contribution in [1.82, 2.24) is 10.2 Å². The van der Waals surface area contributed by atoms with E-state index in [0.29, 0.717) is 21.0 Å². The van der Waals surface area contributed by atoms with E-state index in [2.05, 4.69) is 10.6 Å². The Morgan fingerprint density at radius 3 is 2.62 bits per heavy atom. The molecule has 0 aliphatic heterocycles. The molecular weight excluding hydrogens is 457 g/mol. The van der Waals surface area contributed by atoms with Gasteiger partial charge < -0.3 is 15.4 Å². The number of thiophene rings is 1. The van der Waals surface area contributed by atoms with E-state index < -0.39 is 11.8 Å². The van der Waals surface area contributed by atoms with Gasteiger partial charge in [0, 0.05) is 30.2 Å². The van der Waals surface area contributed by atoms with Gasteiger partial charge in [0.2, 0.25) is 5.91 Å². The Morgan fingerprint density at radius 2 is 2.03 bits per heavy atom. The lowest BCUT2D eigenvalue weighted by molar-refractivity contribution is -0.117. The summed E-state index contributed by atoms with van der Waals surface area (Å²) < 4.78 is 19.4. The fourth-order valence-electron chi connectivity index (χ4n) is 3.37. The molecule has 10 heteroatoms. The maximum absolute atomic E-state index is 14.3. The number of esters is 1. The molecular formula is C22H25ClFN3O4S. The number of hydrogen-bond acceptors (Lipinski definition) is 6. The molecule has 2 aromatic rings. The number of anilines is 1. The molecule has 0 spiro atoms. The second-order valence-electron chi connectivity index (χ2n) is 7.44. The van der Waals surface area contributed by atoms with Crippen LogP contribution in [0.2, 0.25) is 5.02 Å². The molecule has 1 aromatic heterocycles. The molecule has 0 saturated heterocycles. The second kappa shape index (κ2) is 10.4. The van der Waals surface area contributed by atoms with Crippen LogP contribution in [-0.4, -0.2) is 48.9 Å². The summed E-state index contributed by atoms with van der Waals surface area (Å²) in [6.07, 6.45) is 1.82. The zero-order valence-electron chi connectivity index (χ0n) is 18.1. The highest BCUT2D eigenvalue weighted by molar-refractivity contribution is 7.18. The van der Waals surface area contributed by atoms with E-state index in [-0.39, 0.29) is 48.1 Å². The molecule has 172 valence electrons. The Labute approximate surface area is 194 Å². The topological polar surface area (TPSA) is 87.7 Å². The third-order valence-electron chi connectivity index (χ3n) is 5.15. The molecule has 0 unspecified atom stereocenters. The van der Waals surface area contributed by atoms with Gasteiger partial charge in [-0.2, -0.15) is 0 Å². The smallest absolute Gasteiger partial charge is 0.341 e. The summed E-state index contributed by atoms with van der Waals surface area (Å²) in [5.74, 6) is -1.76. The summed E-state index contributed by atoms with van der Waals surface area (Å²) in [5.41, 5.74) is 0.953. The van der Waals surface area contributed by atoms with Crippen molar-refractivity contribution in [3.8, 4) is 0 Å². The van der Waals surface area contributed by atoms with Crippen molar-refractivity contribution in [3.63, 3.8) is 0 Å². The molecule has 32 heavy (non-hydrogen) atoms. The van der Waals surface area contributed by atoms with Crippen molar-refractivity contribution in [2.45, 2.75) is 39.3 Å². The normalized spacial score (nSPS) is 13.2. The Morgan fingerprint density at radius 1 is 1.31 bits per heavy atom. The van der Waals surface area contributed by atoms with Crippen LogP contribution in [0.5, 0.6) is 0 Å². The van der Waals surface area contributed by atoms with E-state index >= 15 is 0 Å². The first-order chi connectivity index (χ1) is 15.3. The predicted molar refractivity (Wildman–Crippen MR) is 122 cm³/mol. The van der Waals surface area contributed by atoms with Crippen LogP contribution in [0, 0.1) is 12.7 Å². The van der Waals surface area contributed by atoms with Crippen molar-refractivity contribution in [3.05, 3.63) is 50.6 Å². The van der Waals surface area contributed by atoms with Gasteiger partial charge in [0.15, 0.2) is 0 Å². The number of benzene rings is 1. The number of amides is 2. The van der Waals surface area contributed by atoms with Gasteiger partial charge in [-0.05, 0) is 44.4 Å². The number of carbonyl (C=O) groups excluding carboxylic acids is 3. The molecule has 2 N–H and O–H groups in total. The first-order valence-corrected chi connectivity index (χ1v) is 11.5. The van der Waals surface area contributed by atoms with Gasteiger partial charge in [-0.1, -0.05) is 17.7 Å². The maximum Gasteiger partial charge on any atom is 0.341 e. The van der Waals surface area contributed by atoms with E-state index in [1.165, 1.54) is 19.2 Å². The quantitative estimate of drug-likeness (QED) is 0.529. The molecule has 0 atom stereocenters. The zero-order chi connectivity index (χ0) is 23.4. The number of hydrogen-bond donors (Lipinski definition) is 2. The Balaban J connectivity index is 1.81. The summed E-state index contributed by atoms with van der Waals surface area (Å²) in [6, 6.07) is 4.65. The first kappa shape index (κ1) is 24.2. The molecule has 1 saturated carbocycles. The SMILES string of the molecule is CCOC(=O)c1c(NC(=O)CN(Cc2c(F)cccc2Cl)C2CC2)sc(C(=O)NC)c1C. The van der Waals surface area contributed by atoms with E-state index in [4.69, 9.17) is 16.3 Å². The molecule has 7 nitrogen and oxygen atoms in total. The van der Waals surface area contributed by atoms with Crippen LogP contribution in [0.4, 0.5) is 9.39 Å². The predicted octanol–water partition coefficient (Wildman–Crippen LogP) is 3.99. The van der Waals surface area contributed by atoms with Crippen LogP contribution in [0.3, 0.4) is 0 Å². The maximum atomic E-state index is 14.3. The molecule has 1 aliphatic carbocycles. The lowest BCUT2D eigenvalue weighted by Crippen LogP contribution is -2.35. The van der Waals surface area contributed by atoms with Crippen LogP contribution in [0.25, 0.3) is 0 Å². The van der Waals surface area contributed by atoms with Crippen LogP contribution >= 0.6 is 22.9 Å². The van der Waals surface area contributed by atoms with E-state index in [1.54, 1.807) is 19.9 Å². The summed E-state index contributed by atoms with van der Waals surface area (Å²) in [4.78, 5) is 39.7. The number of nitrogens with one attached hydrogen (secondary N) is 2. The summed E-state index contributed by atoms with van der Waals surface area (Å²) in [5, 5.41) is 5.84. The molecule has 1 heterocycles. The van der Waals surface area contributed by atoms with E-state index in [0.717, 1.165) is 24.2 Å². The summed E-state index contributed by atoms with van der Waals surface area (Å²) in [6.45, 7) is 3.67. The minimum absolute atomic E-state index is 0.0101. The number of nitrogens with zero attached hydrogens (tertiary/aromatic N) is 1. The third kappa shape index (κ3) is 5.46. The molecule has 0 radical (unpaired) electrons. The summed E-state index contributed by atoms with van der Waals surface area (Å²) in [7, 11) is 1.49. The Hall–Kier alpha value is -2.49. The van der Waals surface area contributed by atoms with Gasteiger partial charge in [0.25, 0.3) is 5.91 Å². The van der Waals surface area contributed by atoms with E-state index in [1.807, 2.05) is 4.90 Å². The highest BCUT2D eigenvalue weighted by Crippen LogP contribution is 2.34. The van der Waals surface area contributed by atoms with Gasteiger partial charge in [-0.15, -0.1) is 11.3 Å². The number of ether oxygens (including phenoxy) is 1. The van der Waals surface area contributed by atoms with Crippen LogP contribution in [-0.2, 0) is 16.1 Å². The fourth-order valence-corrected chi connectivity index (χ4v) is 4.75. The van der Waals surface area contributed by atoms with Gasteiger partial charge in [-0.3, -0.25) is 14.5 Å². The van der Waals surface area contributed by atoms with E-state index in [9.17, 15) is 18.8 Å². The van der Waals surface area contributed by atoms with Crippen molar-refractivity contribution in [1.29, 1.82) is 0 Å². The van der Waals surface area contributed by atoms with Gasteiger partial charge in [-0.25, -0.2) is 9.18 Å². The van der Waals surface area contributed by atoms with Crippen molar-refractivity contribution in [2.75, 3.05) is 25.5 Å².